The molecule has 1 aromatic rings. The number of benzene rings is 1. The second-order valence-corrected chi connectivity index (χ2v) is 4.97. The standard InChI is InChI=1S/C14H23NS.ClH/c1-3-4-5-6-11-15-12-13-7-9-14(16-2)10-8-13;/h7-10,15H,3-6,11-12H2,1-2H3;1H. The molecule has 0 spiro atoms. The van der Waals surface area contributed by atoms with Crippen molar-refractivity contribution in [2.75, 3.05) is 12.8 Å². The molecule has 0 saturated heterocycles. The number of thioether (sulfide) groups is 1. The van der Waals surface area contributed by atoms with E-state index < -0.39 is 0 Å². The Morgan fingerprint density at radius 1 is 1.06 bits per heavy atom. The maximum atomic E-state index is 3.49. The summed E-state index contributed by atoms with van der Waals surface area (Å²) in [6, 6.07) is 8.81. The van der Waals surface area contributed by atoms with E-state index in [1.807, 2.05) is 0 Å². The van der Waals surface area contributed by atoms with Crippen molar-refractivity contribution in [3.8, 4) is 0 Å². The highest BCUT2D eigenvalue weighted by Crippen LogP contribution is 2.14. The zero-order valence-electron chi connectivity index (χ0n) is 10.9. The third kappa shape index (κ3) is 7.69. The van der Waals surface area contributed by atoms with Gasteiger partial charge < -0.3 is 5.32 Å². The van der Waals surface area contributed by atoms with Crippen molar-refractivity contribution in [1.29, 1.82) is 0 Å². The topological polar surface area (TPSA) is 12.0 Å². The number of halogens is 1. The largest absolute Gasteiger partial charge is 0.313 e. The Kier molecular flexibility index (Phi) is 10.8. The lowest BCUT2D eigenvalue weighted by Crippen LogP contribution is -2.14. The maximum absolute atomic E-state index is 3.49. The highest BCUT2D eigenvalue weighted by Gasteiger charge is 1.93. The van der Waals surface area contributed by atoms with Gasteiger partial charge in [0, 0.05) is 11.4 Å². The second-order valence-electron chi connectivity index (χ2n) is 4.09. The summed E-state index contributed by atoms with van der Waals surface area (Å²) >= 11 is 1.79. The minimum atomic E-state index is 0. The van der Waals surface area contributed by atoms with Gasteiger partial charge in [-0.25, -0.2) is 0 Å². The smallest absolute Gasteiger partial charge is 0.0205 e. The van der Waals surface area contributed by atoms with Crippen LogP contribution in [-0.4, -0.2) is 12.8 Å². The van der Waals surface area contributed by atoms with Crippen LogP contribution >= 0.6 is 24.2 Å². The summed E-state index contributed by atoms with van der Waals surface area (Å²) in [5, 5.41) is 3.49. The molecule has 0 atom stereocenters. The van der Waals surface area contributed by atoms with Crippen molar-refractivity contribution < 1.29 is 0 Å². The molecular formula is C14H24ClNS. The van der Waals surface area contributed by atoms with Crippen LogP contribution in [0.4, 0.5) is 0 Å². The first-order valence-electron chi connectivity index (χ1n) is 6.20. The summed E-state index contributed by atoms with van der Waals surface area (Å²) in [6.45, 7) is 4.39. The molecule has 17 heavy (non-hydrogen) atoms. The molecule has 0 amide bonds. The van der Waals surface area contributed by atoms with Gasteiger partial charge in [-0.3, -0.25) is 0 Å². The summed E-state index contributed by atoms with van der Waals surface area (Å²) in [6.07, 6.45) is 7.45. The van der Waals surface area contributed by atoms with Gasteiger partial charge in [-0.05, 0) is 36.9 Å². The van der Waals surface area contributed by atoms with E-state index in [4.69, 9.17) is 0 Å². The molecule has 98 valence electrons. The van der Waals surface area contributed by atoms with Crippen LogP contribution in [0.25, 0.3) is 0 Å². The molecule has 0 unspecified atom stereocenters. The van der Waals surface area contributed by atoms with E-state index >= 15 is 0 Å². The number of hydrogen-bond acceptors (Lipinski definition) is 2. The third-order valence-corrected chi connectivity index (χ3v) is 3.44. The Morgan fingerprint density at radius 2 is 1.76 bits per heavy atom. The molecule has 0 aliphatic carbocycles. The van der Waals surface area contributed by atoms with Crippen molar-refractivity contribution in [2.24, 2.45) is 0 Å². The lowest BCUT2D eigenvalue weighted by atomic mass is 10.2. The van der Waals surface area contributed by atoms with E-state index in [0.717, 1.165) is 13.1 Å². The van der Waals surface area contributed by atoms with Gasteiger partial charge in [0.1, 0.15) is 0 Å². The molecule has 0 radical (unpaired) electrons. The Morgan fingerprint density at radius 3 is 2.35 bits per heavy atom. The van der Waals surface area contributed by atoms with Crippen LogP contribution in [0.2, 0.25) is 0 Å². The molecule has 1 aromatic carbocycles. The van der Waals surface area contributed by atoms with Gasteiger partial charge in [0.25, 0.3) is 0 Å². The molecule has 0 bridgehead atoms. The minimum absolute atomic E-state index is 0. The van der Waals surface area contributed by atoms with Gasteiger partial charge in [0.15, 0.2) is 0 Å². The Bertz CT molecular complexity index is 274. The van der Waals surface area contributed by atoms with Crippen LogP contribution in [0.1, 0.15) is 38.2 Å². The predicted molar refractivity (Wildman–Crippen MR) is 81.3 cm³/mol. The van der Waals surface area contributed by atoms with E-state index in [1.165, 1.54) is 36.1 Å². The van der Waals surface area contributed by atoms with Crippen LogP contribution in [0.15, 0.2) is 29.2 Å². The average molecular weight is 274 g/mol. The second kappa shape index (κ2) is 10.9. The van der Waals surface area contributed by atoms with Gasteiger partial charge in [0.05, 0.1) is 0 Å². The summed E-state index contributed by atoms with van der Waals surface area (Å²) in [7, 11) is 0. The number of unbranched alkanes of at least 4 members (excludes halogenated alkanes) is 3. The summed E-state index contributed by atoms with van der Waals surface area (Å²) < 4.78 is 0. The van der Waals surface area contributed by atoms with Crippen LogP contribution in [-0.2, 0) is 6.54 Å². The monoisotopic (exact) mass is 273 g/mol. The SMILES string of the molecule is CCCCCCNCc1ccc(SC)cc1.Cl. The zero-order chi connectivity index (χ0) is 11.6. The molecule has 0 heterocycles. The number of hydrogen-bond donors (Lipinski definition) is 1. The number of nitrogens with one attached hydrogen (secondary N) is 1. The first-order chi connectivity index (χ1) is 7.86. The molecule has 0 aliphatic heterocycles. The molecule has 3 heteroatoms. The first kappa shape index (κ1) is 16.8. The normalized spacial score (nSPS) is 10.0. The van der Waals surface area contributed by atoms with Gasteiger partial charge in [-0.1, -0.05) is 38.3 Å². The molecule has 0 aromatic heterocycles. The Labute approximate surface area is 116 Å². The minimum Gasteiger partial charge on any atom is -0.313 e. The molecule has 1 nitrogen and oxygen atoms in total. The highest BCUT2D eigenvalue weighted by atomic mass is 35.5. The Hall–Kier alpha value is -0.180. The van der Waals surface area contributed by atoms with E-state index in [2.05, 4.69) is 42.8 Å². The lowest BCUT2D eigenvalue weighted by Gasteiger charge is -2.05. The first-order valence-corrected chi connectivity index (χ1v) is 7.43. The Balaban J connectivity index is 0.00000256. The summed E-state index contributed by atoms with van der Waals surface area (Å²) in [5.74, 6) is 0. The fourth-order valence-corrected chi connectivity index (χ4v) is 2.06. The maximum Gasteiger partial charge on any atom is 0.0205 e. The lowest BCUT2D eigenvalue weighted by molar-refractivity contribution is 0.598. The van der Waals surface area contributed by atoms with Gasteiger partial charge in [-0.15, -0.1) is 24.2 Å². The number of rotatable bonds is 8. The van der Waals surface area contributed by atoms with Crippen molar-refractivity contribution in [1.82, 2.24) is 5.32 Å². The predicted octanol–water partition coefficient (Wildman–Crippen LogP) is 4.50. The van der Waals surface area contributed by atoms with Crippen molar-refractivity contribution in [3.63, 3.8) is 0 Å². The van der Waals surface area contributed by atoms with E-state index in [0.29, 0.717) is 0 Å². The van der Waals surface area contributed by atoms with Gasteiger partial charge in [0.2, 0.25) is 0 Å². The fraction of sp³-hybridized carbons (Fsp3) is 0.571. The molecular weight excluding hydrogens is 250 g/mol. The van der Waals surface area contributed by atoms with Crippen LogP contribution in [0.3, 0.4) is 0 Å². The van der Waals surface area contributed by atoms with Crippen LogP contribution in [0.5, 0.6) is 0 Å². The quantitative estimate of drug-likeness (QED) is 0.553. The van der Waals surface area contributed by atoms with E-state index in [-0.39, 0.29) is 12.4 Å². The summed E-state index contributed by atoms with van der Waals surface area (Å²) in [4.78, 5) is 1.34. The van der Waals surface area contributed by atoms with Crippen molar-refractivity contribution in [3.05, 3.63) is 29.8 Å². The van der Waals surface area contributed by atoms with E-state index in [1.54, 1.807) is 11.8 Å². The zero-order valence-corrected chi connectivity index (χ0v) is 12.5. The molecule has 1 rings (SSSR count). The average Bonchev–Trinajstić information content (AvgIpc) is 2.34. The fourth-order valence-electron chi connectivity index (χ4n) is 1.65. The van der Waals surface area contributed by atoms with Crippen molar-refractivity contribution in [2.45, 2.75) is 44.0 Å². The third-order valence-electron chi connectivity index (χ3n) is 2.70. The molecule has 0 fully saturated rings. The van der Waals surface area contributed by atoms with Crippen LogP contribution in [0, 0.1) is 0 Å². The van der Waals surface area contributed by atoms with Crippen LogP contribution < -0.4 is 5.32 Å². The van der Waals surface area contributed by atoms with Gasteiger partial charge >= 0.3 is 0 Å². The molecule has 0 aliphatic rings. The summed E-state index contributed by atoms with van der Waals surface area (Å²) in [5.41, 5.74) is 1.38. The van der Waals surface area contributed by atoms with Gasteiger partial charge in [-0.2, -0.15) is 0 Å². The molecule has 1 N–H and O–H groups in total. The molecule has 0 saturated carbocycles. The van der Waals surface area contributed by atoms with E-state index in [9.17, 15) is 0 Å². The van der Waals surface area contributed by atoms with Crippen molar-refractivity contribution >= 4 is 24.2 Å². The highest BCUT2D eigenvalue weighted by molar-refractivity contribution is 7.98.